The normalized spacial score (nSPS) is 11.8. The number of halogens is 3. The van der Waals surface area contributed by atoms with Gasteiger partial charge >= 0.3 is 6.18 Å². The second-order valence-electron chi connectivity index (χ2n) is 12.1. The summed E-state index contributed by atoms with van der Waals surface area (Å²) in [6.07, 6.45) is -4.75. The Balaban J connectivity index is 1.58. The lowest BCUT2D eigenvalue weighted by Gasteiger charge is -2.21. The molecule has 6 aromatic carbocycles. The van der Waals surface area contributed by atoms with E-state index in [4.69, 9.17) is 6.57 Å². The summed E-state index contributed by atoms with van der Waals surface area (Å²) in [5, 5.41) is 13.5. The van der Waals surface area contributed by atoms with Gasteiger partial charge in [-0.15, -0.1) is 0 Å². The van der Waals surface area contributed by atoms with Crippen molar-refractivity contribution >= 4 is 49.3 Å². The standard InChI is InChI=1S/C41H25F3N4/c1-24-12-16-37-31(18-24)28-8-4-6-10-35(28)47(37)39-21-30(27-15-14-26(23-45)20-33(27)41(42,43)44)34(46-3)22-40(39)48-36-11-7-5-9-29(36)32-19-25(2)13-17-38(32)48/h4-22H,1-2H3. The van der Waals surface area contributed by atoms with Gasteiger partial charge in [-0.25, -0.2) is 4.85 Å². The highest BCUT2D eigenvalue weighted by molar-refractivity contribution is 6.12. The number of benzene rings is 6. The molecule has 230 valence electrons. The molecule has 8 aromatic rings. The first-order valence-electron chi connectivity index (χ1n) is 15.4. The van der Waals surface area contributed by atoms with Gasteiger partial charge < -0.3 is 9.13 Å². The molecule has 8 rings (SSSR count). The molecule has 0 aliphatic heterocycles. The Morgan fingerprint density at radius 3 is 1.65 bits per heavy atom. The Hall–Kier alpha value is -6.31. The largest absolute Gasteiger partial charge is 0.417 e. The third-order valence-electron chi connectivity index (χ3n) is 9.10. The number of rotatable bonds is 3. The predicted molar refractivity (Wildman–Crippen MR) is 186 cm³/mol. The molecule has 0 aliphatic rings. The van der Waals surface area contributed by atoms with Gasteiger partial charge in [-0.3, -0.25) is 0 Å². The lowest BCUT2D eigenvalue weighted by Crippen LogP contribution is -2.09. The topological polar surface area (TPSA) is 38.0 Å². The van der Waals surface area contributed by atoms with E-state index in [1.165, 1.54) is 12.1 Å². The summed E-state index contributed by atoms with van der Waals surface area (Å²) in [5.74, 6) is 0. The molecular formula is C41H25F3N4. The summed E-state index contributed by atoms with van der Waals surface area (Å²) in [7, 11) is 0. The third kappa shape index (κ3) is 4.36. The van der Waals surface area contributed by atoms with Crippen LogP contribution in [-0.4, -0.2) is 9.13 Å². The second-order valence-corrected chi connectivity index (χ2v) is 12.1. The summed E-state index contributed by atoms with van der Waals surface area (Å²) < 4.78 is 48.0. The van der Waals surface area contributed by atoms with Crippen molar-refractivity contribution in [2.24, 2.45) is 0 Å². The van der Waals surface area contributed by atoms with Crippen molar-refractivity contribution in [3.05, 3.63) is 149 Å². The molecule has 2 heterocycles. The van der Waals surface area contributed by atoms with Gasteiger partial charge in [-0.05, 0) is 85.6 Å². The van der Waals surface area contributed by atoms with Gasteiger partial charge in [0.05, 0.1) is 57.2 Å². The lowest BCUT2D eigenvalue weighted by atomic mass is 9.95. The minimum absolute atomic E-state index is 0.0682. The first-order chi connectivity index (χ1) is 23.2. The number of para-hydroxylation sites is 2. The molecule has 0 atom stereocenters. The zero-order valence-corrected chi connectivity index (χ0v) is 25.9. The van der Waals surface area contributed by atoms with Crippen LogP contribution in [0.3, 0.4) is 0 Å². The molecule has 0 saturated heterocycles. The van der Waals surface area contributed by atoms with E-state index in [0.717, 1.165) is 60.8 Å². The quantitative estimate of drug-likeness (QED) is 0.179. The maximum atomic E-state index is 14.6. The molecule has 0 amide bonds. The Bertz CT molecular complexity index is 2710. The van der Waals surface area contributed by atoms with E-state index in [1.54, 1.807) is 12.1 Å². The van der Waals surface area contributed by atoms with E-state index >= 15 is 0 Å². The molecule has 0 unspecified atom stereocenters. The highest BCUT2D eigenvalue weighted by atomic mass is 19.4. The summed E-state index contributed by atoms with van der Waals surface area (Å²) in [6.45, 7) is 12.3. The van der Waals surface area contributed by atoms with Crippen LogP contribution in [0.25, 0.3) is 71.0 Å². The van der Waals surface area contributed by atoms with Crippen LogP contribution in [0.4, 0.5) is 18.9 Å². The van der Waals surface area contributed by atoms with Crippen molar-refractivity contribution in [1.29, 1.82) is 5.26 Å². The average Bonchev–Trinajstić information content (AvgIpc) is 3.59. The second kappa shape index (κ2) is 10.6. The maximum Gasteiger partial charge on any atom is 0.417 e. The van der Waals surface area contributed by atoms with E-state index < -0.39 is 11.7 Å². The third-order valence-corrected chi connectivity index (χ3v) is 9.10. The van der Waals surface area contributed by atoms with Crippen LogP contribution >= 0.6 is 0 Å². The van der Waals surface area contributed by atoms with E-state index in [0.29, 0.717) is 11.4 Å². The van der Waals surface area contributed by atoms with E-state index in [9.17, 15) is 18.4 Å². The van der Waals surface area contributed by atoms with Gasteiger partial charge in [-0.1, -0.05) is 65.7 Å². The van der Waals surface area contributed by atoms with Gasteiger partial charge in [0, 0.05) is 21.5 Å². The van der Waals surface area contributed by atoms with Crippen LogP contribution in [0.5, 0.6) is 0 Å². The molecule has 0 radical (unpaired) electrons. The number of hydrogen-bond acceptors (Lipinski definition) is 1. The van der Waals surface area contributed by atoms with Crippen LogP contribution in [0.15, 0.2) is 115 Å². The van der Waals surface area contributed by atoms with Gasteiger partial charge in [0.15, 0.2) is 5.69 Å². The first-order valence-corrected chi connectivity index (χ1v) is 15.4. The fourth-order valence-electron chi connectivity index (χ4n) is 7.01. The van der Waals surface area contributed by atoms with Gasteiger partial charge in [-0.2, -0.15) is 18.4 Å². The van der Waals surface area contributed by atoms with Crippen molar-refractivity contribution in [2.75, 3.05) is 0 Å². The number of alkyl halides is 3. The molecule has 0 fully saturated rings. The minimum Gasteiger partial charge on any atom is -0.308 e. The smallest absolute Gasteiger partial charge is 0.308 e. The zero-order chi connectivity index (χ0) is 33.3. The van der Waals surface area contributed by atoms with Crippen LogP contribution in [0.2, 0.25) is 0 Å². The summed E-state index contributed by atoms with van der Waals surface area (Å²) in [4.78, 5) is 3.81. The van der Waals surface area contributed by atoms with Crippen LogP contribution in [0.1, 0.15) is 22.3 Å². The summed E-state index contributed by atoms with van der Waals surface area (Å²) in [6, 6.07) is 37.2. The lowest BCUT2D eigenvalue weighted by molar-refractivity contribution is -0.137. The maximum absolute atomic E-state index is 14.6. The van der Waals surface area contributed by atoms with Crippen molar-refractivity contribution < 1.29 is 13.2 Å². The van der Waals surface area contributed by atoms with Crippen LogP contribution in [0, 0.1) is 31.8 Å². The predicted octanol–water partition coefficient (Wildman–Crippen LogP) is 11.6. The van der Waals surface area contributed by atoms with E-state index in [2.05, 4.69) is 38.2 Å². The summed E-state index contributed by atoms with van der Waals surface area (Å²) >= 11 is 0. The Labute approximate surface area is 273 Å². The Morgan fingerprint density at radius 1 is 0.604 bits per heavy atom. The highest BCUT2D eigenvalue weighted by Gasteiger charge is 2.35. The van der Waals surface area contributed by atoms with Gasteiger partial charge in [0.25, 0.3) is 0 Å². The van der Waals surface area contributed by atoms with Crippen LogP contribution < -0.4 is 0 Å². The molecule has 0 saturated carbocycles. The van der Waals surface area contributed by atoms with E-state index in [1.807, 2.05) is 80.6 Å². The van der Waals surface area contributed by atoms with Crippen molar-refractivity contribution in [3.8, 4) is 28.6 Å². The Kier molecular flexibility index (Phi) is 6.44. The van der Waals surface area contributed by atoms with Gasteiger partial charge in [0.1, 0.15) is 0 Å². The molecular weight excluding hydrogens is 605 g/mol. The number of fused-ring (bicyclic) bond motifs is 6. The summed E-state index contributed by atoms with van der Waals surface area (Å²) in [5.41, 5.74) is 6.03. The molecule has 7 heteroatoms. The highest BCUT2D eigenvalue weighted by Crippen LogP contribution is 2.46. The fourth-order valence-corrected chi connectivity index (χ4v) is 7.01. The number of hydrogen-bond donors (Lipinski definition) is 0. The Morgan fingerprint density at radius 2 is 1.12 bits per heavy atom. The van der Waals surface area contributed by atoms with Crippen LogP contribution in [-0.2, 0) is 6.18 Å². The monoisotopic (exact) mass is 630 g/mol. The van der Waals surface area contributed by atoms with E-state index in [-0.39, 0.29) is 22.4 Å². The van der Waals surface area contributed by atoms with Crippen molar-refractivity contribution in [3.63, 3.8) is 0 Å². The number of nitrogens with zero attached hydrogens (tertiary/aromatic N) is 4. The van der Waals surface area contributed by atoms with Crippen molar-refractivity contribution in [1.82, 2.24) is 9.13 Å². The molecule has 0 N–H and O–H groups in total. The minimum atomic E-state index is -4.75. The molecule has 48 heavy (non-hydrogen) atoms. The molecule has 0 spiro atoms. The first kappa shape index (κ1) is 29.1. The average molecular weight is 631 g/mol. The number of aryl methyl sites for hydroxylation is 2. The fraction of sp³-hybridized carbons (Fsp3) is 0.0732. The molecule has 0 aliphatic carbocycles. The van der Waals surface area contributed by atoms with Crippen molar-refractivity contribution in [2.45, 2.75) is 20.0 Å². The van der Waals surface area contributed by atoms with Gasteiger partial charge in [0.2, 0.25) is 0 Å². The molecule has 2 aromatic heterocycles. The molecule has 0 bridgehead atoms. The molecule has 4 nitrogen and oxygen atoms in total. The zero-order valence-electron chi connectivity index (χ0n) is 25.9. The number of aromatic nitrogens is 2. The number of nitriles is 1. The SMILES string of the molecule is [C-]#[N+]c1cc(-n2c3ccccc3c3cc(C)ccc32)c(-n2c3ccccc3c3cc(C)ccc32)cc1-c1ccc(C#N)cc1C(F)(F)F.